The van der Waals surface area contributed by atoms with Crippen LogP contribution in [0.5, 0.6) is 0 Å². The molecule has 1 rings (SSSR count). The molecule has 0 aromatic heterocycles. The lowest BCUT2D eigenvalue weighted by Crippen LogP contribution is -2.39. The van der Waals surface area contributed by atoms with Crippen molar-refractivity contribution in [2.24, 2.45) is 0 Å². The first-order chi connectivity index (χ1) is 7.54. The quantitative estimate of drug-likeness (QED) is 0.749. The highest BCUT2D eigenvalue weighted by Crippen LogP contribution is 2.29. The predicted octanol–water partition coefficient (Wildman–Crippen LogP) is 2.12. The summed E-state index contributed by atoms with van der Waals surface area (Å²) >= 11 is 0. The summed E-state index contributed by atoms with van der Waals surface area (Å²) in [7, 11) is -2.78. The van der Waals surface area contributed by atoms with Crippen LogP contribution in [0.3, 0.4) is 0 Å². The third kappa shape index (κ3) is 4.06. The van der Waals surface area contributed by atoms with Gasteiger partial charge in [-0.2, -0.15) is 0 Å². The van der Waals surface area contributed by atoms with Crippen molar-refractivity contribution in [3.8, 4) is 0 Å². The molecule has 0 spiro atoms. The Hall–Kier alpha value is -0.0900. The van der Waals surface area contributed by atoms with E-state index in [1.54, 1.807) is 6.92 Å². The van der Waals surface area contributed by atoms with Crippen LogP contribution in [0.2, 0.25) is 0 Å². The Balaban J connectivity index is 2.39. The summed E-state index contributed by atoms with van der Waals surface area (Å²) < 4.78 is 22.8. The van der Waals surface area contributed by atoms with E-state index in [1.165, 1.54) is 25.7 Å². The van der Waals surface area contributed by atoms with Gasteiger partial charge in [-0.3, -0.25) is 0 Å². The monoisotopic (exact) mass is 247 g/mol. The Bertz CT molecular complexity index is 292. The fourth-order valence-corrected chi connectivity index (χ4v) is 3.55. The first-order valence-electron chi connectivity index (χ1n) is 6.49. The molecule has 0 radical (unpaired) electrons. The highest BCUT2D eigenvalue weighted by atomic mass is 32.2. The Morgan fingerprint density at radius 2 is 2.00 bits per heavy atom. The molecule has 4 heteroatoms. The van der Waals surface area contributed by atoms with Crippen molar-refractivity contribution in [2.45, 2.75) is 57.9 Å². The zero-order chi connectivity index (χ0) is 12.1. The van der Waals surface area contributed by atoms with Gasteiger partial charge in [0.1, 0.15) is 9.84 Å². The van der Waals surface area contributed by atoms with E-state index >= 15 is 0 Å². The average Bonchev–Trinajstić information content (AvgIpc) is 2.67. The standard InChI is InChI=1S/C12H25NO2S/c1-3-7-12(8-5-10-13-12)9-6-11-16(14,15)4-2/h13H,3-11H2,1-2H3. The number of nitrogens with one attached hydrogen (secondary N) is 1. The Morgan fingerprint density at radius 1 is 1.25 bits per heavy atom. The van der Waals surface area contributed by atoms with Gasteiger partial charge in [-0.1, -0.05) is 20.3 Å². The molecule has 0 aliphatic carbocycles. The van der Waals surface area contributed by atoms with Crippen LogP contribution in [0, 0.1) is 0 Å². The molecule has 96 valence electrons. The van der Waals surface area contributed by atoms with Gasteiger partial charge in [-0.25, -0.2) is 8.42 Å². The number of rotatable bonds is 7. The Labute approximate surface area is 99.9 Å². The zero-order valence-corrected chi connectivity index (χ0v) is 11.4. The lowest BCUT2D eigenvalue weighted by molar-refractivity contribution is 0.317. The molecule has 0 aromatic carbocycles. The van der Waals surface area contributed by atoms with Crippen LogP contribution in [-0.4, -0.2) is 32.0 Å². The van der Waals surface area contributed by atoms with Crippen molar-refractivity contribution in [1.82, 2.24) is 5.32 Å². The van der Waals surface area contributed by atoms with Crippen LogP contribution in [0.4, 0.5) is 0 Å². The van der Waals surface area contributed by atoms with Crippen molar-refractivity contribution in [1.29, 1.82) is 0 Å². The largest absolute Gasteiger partial charge is 0.311 e. The van der Waals surface area contributed by atoms with E-state index < -0.39 is 9.84 Å². The van der Waals surface area contributed by atoms with Crippen LogP contribution in [0.25, 0.3) is 0 Å². The molecule has 1 fully saturated rings. The molecule has 1 N–H and O–H groups in total. The number of sulfone groups is 1. The molecule has 1 heterocycles. The summed E-state index contributed by atoms with van der Waals surface area (Å²) in [6, 6.07) is 0. The van der Waals surface area contributed by atoms with E-state index in [2.05, 4.69) is 12.2 Å². The van der Waals surface area contributed by atoms with Gasteiger partial charge in [0.05, 0.1) is 5.75 Å². The zero-order valence-electron chi connectivity index (χ0n) is 10.6. The molecule has 0 saturated carbocycles. The third-order valence-electron chi connectivity index (χ3n) is 3.61. The Morgan fingerprint density at radius 3 is 2.50 bits per heavy atom. The minimum atomic E-state index is -2.78. The molecule has 1 unspecified atom stereocenters. The normalized spacial score (nSPS) is 26.1. The highest BCUT2D eigenvalue weighted by Gasteiger charge is 2.31. The van der Waals surface area contributed by atoms with Crippen LogP contribution in [-0.2, 0) is 9.84 Å². The van der Waals surface area contributed by atoms with Crippen LogP contribution in [0.1, 0.15) is 52.4 Å². The van der Waals surface area contributed by atoms with Gasteiger partial charge in [0, 0.05) is 11.3 Å². The van der Waals surface area contributed by atoms with Crippen molar-refractivity contribution < 1.29 is 8.42 Å². The maximum absolute atomic E-state index is 11.4. The molecule has 0 aromatic rings. The summed E-state index contributed by atoms with van der Waals surface area (Å²) in [4.78, 5) is 0. The number of hydrogen-bond donors (Lipinski definition) is 1. The second kappa shape index (κ2) is 6.01. The first kappa shape index (κ1) is 14.0. The van der Waals surface area contributed by atoms with E-state index in [9.17, 15) is 8.42 Å². The maximum Gasteiger partial charge on any atom is 0.150 e. The second-order valence-electron chi connectivity index (χ2n) is 4.90. The first-order valence-corrected chi connectivity index (χ1v) is 8.31. The molecule has 0 bridgehead atoms. The van der Waals surface area contributed by atoms with Crippen LogP contribution >= 0.6 is 0 Å². The van der Waals surface area contributed by atoms with E-state index in [0.29, 0.717) is 5.75 Å². The van der Waals surface area contributed by atoms with Crippen LogP contribution in [0.15, 0.2) is 0 Å². The fourth-order valence-electron chi connectivity index (χ4n) is 2.67. The summed E-state index contributed by atoms with van der Waals surface area (Å²) in [5, 5.41) is 3.58. The fraction of sp³-hybridized carbons (Fsp3) is 1.00. The summed E-state index contributed by atoms with van der Waals surface area (Å²) in [5.74, 6) is 0.637. The third-order valence-corrected chi connectivity index (χ3v) is 5.40. The molecule has 0 amide bonds. The van der Waals surface area contributed by atoms with Gasteiger partial charge >= 0.3 is 0 Å². The van der Waals surface area contributed by atoms with Gasteiger partial charge in [0.25, 0.3) is 0 Å². The van der Waals surface area contributed by atoms with Crippen LogP contribution < -0.4 is 5.32 Å². The van der Waals surface area contributed by atoms with Gasteiger partial charge in [-0.15, -0.1) is 0 Å². The highest BCUT2D eigenvalue weighted by molar-refractivity contribution is 7.91. The molecule has 1 atom stereocenters. The van der Waals surface area contributed by atoms with E-state index in [0.717, 1.165) is 19.4 Å². The summed E-state index contributed by atoms with van der Waals surface area (Å²) in [6.45, 7) is 5.02. The van der Waals surface area contributed by atoms with Gasteiger partial charge < -0.3 is 5.32 Å². The minimum absolute atomic E-state index is 0.248. The molecule has 1 aliphatic heterocycles. The lowest BCUT2D eigenvalue weighted by Gasteiger charge is -2.29. The second-order valence-corrected chi connectivity index (χ2v) is 7.37. The van der Waals surface area contributed by atoms with Gasteiger partial charge in [-0.05, 0) is 38.6 Å². The Kier molecular flexibility index (Phi) is 5.25. The van der Waals surface area contributed by atoms with Crippen molar-refractivity contribution in [2.75, 3.05) is 18.1 Å². The summed E-state index contributed by atoms with van der Waals surface area (Å²) in [6.07, 6.45) is 6.63. The lowest BCUT2D eigenvalue weighted by atomic mass is 9.87. The van der Waals surface area contributed by atoms with Crippen molar-refractivity contribution >= 4 is 9.84 Å². The van der Waals surface area contributed by atoms with Crippen molar-refractivity contribution in [3.63, 3.8) is 0 Å². The molecule has 16 heavy (non-hydrogen) atoms. The van der Waals surface area contributed by atoms with Gasteiger partial charge in [0.15, 0.2) is 0 Å². The smallest absolute Gasteiger partial charge is 0.150 e. The topological polar surface area (TPSA) is 46.2 Å². The van der Waals surface area contributed by atoms with Crippen molar-refractivity contribution in [3.05, 3.63) is 0 Å². The summed E-state index contributed by atoms with van der Waals surface area (Å²) in [5.41, 5.74) is 0.248. The molecule has 1 saturated heterocycles. The molecule has 1 aliphatic rings. The average molecular weight is 247 g/mol. The van der Waals surface area contributed by atoms with E-state index in [4.69, 9.17) is 0 Å². The number of hydrogen-bond acceptors (Lipinski definition) is 3. The van der Waals surface area contributed by atoms with Gasteiger partial charge in [0.2, 0.25) is 0 Å². The maximum atomic E-state index is 11.4. The SMILES string of the molecule is CCCC1(CCCS(=O)(=O)CC)CCCN1. The molecular formula is C12H25NO2S. The van der Waals surface area contributed by atoms with E-state index in [1.807, 2.05) is 0 Å². The molecular weight excluding hydrogens is 222 g/mol. The molecule has 3 nitrogen and oxygen atoms in total. The predicted molar refractivity (Wildman–Crippen MR) is 68.4 cm³/mol. The minimum Gasteiger partial charge on any atom is -0.311 e. The van der Waals surface area contributed by atoms with E-state index in [-0.39, 0.29) is 11.3 Å².